The minimum absolute atomic E-state index is 0.149. The third-order valence-corrected chi connectivity index (χ3v) is 4.49. The predicted molar refractivity (Wildman–Crippen MR) is 74.6 cm³/mol. The molecule has 19 heavy (non-hydrogen) atoms. The van der Waals surface area contributed by atoms with Gasteiger partial charge in [0.15, 0.2) is 11.5 Å². The summed E-state index contributed by atoms with van der Waals surface area (Å²) in [7, 11) is 0. The molecule has 1 fully saturated rings. The van der Waals surface area contributed by atoms with Crippen LogP contribution in [0.2, 0.25) is 5.02 Å². The summed E-state index contributed by atoms with van der Waals surface area (Å²) in [6.07, 6.45) is 2.12. The average molecular weight is 303 g/mol. The molecule has 2 aliphatic heterocycles. The van der Waals surface area contributed by atoms with Gasteiger partial charge >= 0.3 is 0 Å². The molecule has 0 aromatic heterocycles. The Kier molecular flexibility index (Phi) is 4.06. The van der Waals surface area contributed by atoms with E-state index in [1.54, 1.807) is 6.07 Å². The van der Waals surface area contributed by atoms with Gasteiger partial charge < -0.3 is 14.2 Å². The third kappa shape index (κ3) is 2.78. The van der Waals surface area contributed by atoms with Crippen LogP contribution in [0.3, 0.4) is 0 Å². The van der Waals surface area contributed by atoms with E-state index in [1.807, 2.05) is 6.07 Å². The highest BCUT2D eigenvalue weighted by Crippen LogP contribution is 2.43. The van der Waals surface area contributed by atoms with Crippen molar-refractivity contribution in [1.29, 1.82) is 0 Å². The van der Waals surface area contributed by atoms with E-state index < -0.39 is 0 Å². The monoisotopic (exact) mass is 302 g/mol. The Balaban J connectivity index is 1.86. The molecule has 0 aliphatic carbocycles. The van der Waals surface area contributed by atoms with Crippen molar-refractivity contribution in [3.05, 3.63) is 22.7 Å². The fourth-order valence-electron chi connectivity index (χ4n) is 2.54. The summed E-state index contributed by atoms with van der Waals surface area (Å²) in [5.41, 5.74) is 0.906. The van der Waals surface area contributed by atoms with Gasteiger partial charge in [0.1, 0.15) is 13.2 Å². The number of halogens is 2. The maximum absolute atomic E-state index is 6.57. The lowest BCUT2D eigenvalue weighted by Gasteiger charge is -2.28. The summed E-state index contributed by atoms with van der Waals surface area (Å²) >= 11 is 12.9. The first kappa shape index (κ1) is 13.3. The van der Waals surface area contributed by atoms with Crippen molar-refractivity contribution in [2.24, 2.45) is 5.92 Å². The summed E-state index contributed by atoms with van der Waals surface area (Å²) in [6, 6.07) is 3.70. The zero-order chi connectivity index (χ0) is 13.2. The van der Waals surface area contributed by atoms with Crippen LogP contribution in [-0.2, 0) is 4.74 Å². The number of benzene rings is 1. The molecule has 5 heteroatoms. The van der Waals surface area contributed by atoms with E-state index in [4.69, 9.17) is 37.4 Å². The second-order valence-corrected chi connectivity index (χ2v) is 5.77. The van der Waals surface area contributed by atoms with Gasteiger partial charge in [-0.2, -0.15) is 0 Å². The lowest BCUT2D eigenvalue weighted by molar-refractivity contribution is 0.0531. The van der Waals surface area contributed by atoms with Crippen LogP contribution in [0.4, 0.5) is 0 Å². The van der Waals surface area contributed by atoms with Gasteiger partial charge in [-0.25, -0.2) is 0 Å². The van der Waals surface area contributed by atoms with Gasteiger partial charge in [-0.3, -0.25) is 0 Å². The fraction of sp³-hybridized carbons (Fsp3) is 0.571. The Bertz CT molecular complexity index is 458. The molecule has 2 atom stereocenters. The molecule has 2 unspecified atom stereocenters. The van der Waals surface area contributed by atoms with Crippen LogP contribution in [0.1, 0.15) is 23.8 Å². The average Bonchev–Trinajstić information content (AvgIpc) is 2.47. The molecule has 2 heterocycles. The first-order chi connectivity index (χ1) is 9.25. The highest BCUT2D eigenvalue weighted by Gasteiger charge is 2.27. The van der Waals surface area contributed by atoms with Crippen LogP contribution >= 0.6 is 23.2 Å². The maximum Gasteiger partial charge on any atom is 0.162 e. The first-order valence-electron chi connectivity index (χ1n) is 6.56. The Morgan fingerprint density at radius 2 is 1.84 bits per heavy atom. The number of hydrogen-bond donors (Lipinski definition) is 0. The molecule has 3 nitrogen and oxygen atoms in total. The van der Waals surface area contributed by atoms with Crippen molar-refractivity contribution in [2.45, 2.75) is 18.2 Å². The molecule has 0 bridgehead atoms. The highest BCUT2D eigenvalue weighted by molar-refractivity contribution is 6.33. The lowest BCUT2D eigenvalue weighted by atomic mass is 9.93. The Morgan fingerprint density at radius 1 is 1.11 bits per heavy atom. The van der Waals surface area contributed by atoms with Gasteiger partial charge in [0.25, 0.3) is 0 Å². The quantitative estimate of drug-likeness (QED) is 0.777. The number of fused-ring (bicyclic) bond motifs is 1. The second-order valence-electron chi connectivity index (χ2n) is 4.90. The Morgan fingerprint density at radius 3 is 2.53 bits per heavy atom. The van der Waals surface area contributed by atoms with E-state index in [2.05, 4.69) is 0 Å². The van der Waals surface area contributed by atoms with Crippen molar-refractivity contribution in [2.75, 3.05) is 26.4 Å². The van der Waals surface area contributed by atoms with E-state index in [1.165, 1.54) is 0 Å². The van der Waals surface area contributed by atoms with Gasteiger partial charge in [-0.15, -0.1) is 11.6 Å². The SMILES string of the molecule is Clc1cc2c(cc1C(Cl)C1CCCOC1)OCCO2. The molecule has 104 valence electrons. The van der Waals surface area contributed by atoms with E-state index in [0.717, 1.165) is 30.8 Å². The zero-order valence-electron chi connectivity index (χ0n) is 10.5. The predicted octanol–water partition coefficient (Wildman–Crippen LogP) is 3.82. The van der Waals surface area contributed by atoms with Crippen molar-refractivity contribution in [1.82, 2.24) is 0 Å². The van der Waals surface area contributed by atoms with Gasteiger partial charge in [0.2, 0.25) is 0 Å². The number of alkyl halides is 1. The summed E-state index contributed by atoms with van der Waals surface area (Å²) in [5.74, 6) is 1.73. The van der Waals surface area contributed by atoms with Crippen molar-refractivity contribution in [3.63, 3.8) is 0 Å². The van der Waals surface area contributed by atoms with Crippen molar-refractivity contribution < 1.29 is 14.2 Å². The molecule has 1 saturated heterocycles. The zero-order valence-corrected chi connectivity index (χ0v) is 12.0. The number of hydrogen-bond acceptors (Lipinski definition) is 3. The second kappa shape index (κ2) is 5.78. The molecule has 0 radical (unpaired) electrons. The van der Waals surface area contributed by atoms with E-state index in [9.17, 15) is 0 Å². The van der Waals surface area contributed by atoms with E-state index in [0.29, 0.717) is 36.5 Å². The van der Waals surface area contributed by atoms with E-state index >= 15 is 0 Å². The molecule has 2 aliphatic rings. The summed E-state index contributed by atoms with van der Waals surface area (Å²) in [4.78, 5) is 0. The minimum Gasteiger partial charge on any atom is -0.486 e. The van der Waals surface area contributed by atoms with Crippen LogP contribution < -0.4 is 9.47 Å². The number of rotatable bonds is 2. The smallest absolute Gasteiger partial charge is 0.162 e. The van der Waals surface area contributed by atoms with Gasteiger partial charge in [-0.05, 0) is 24.5 Å². The first-order valence-corrected chi connectivity index (χ1v) is 7.38. The molecular formula is C14H16Cl2O3. The molecule has 1 aromatic rings. The van der Waals surface area contributed by atoms with Crippen molar-refractivity contribution >= 4 is 23.2 Å². The molecule has 0 spiro atoms. The minimum atomic E-state index is -0.149. The standard InChI is InChI=1S/C14H16Cl2O3/c15-11-7-13-12(18-4-5-19-13)6-10(11)14(16)9-2-1-3-17-8-9/h6-7,9,14H,1-5,8H2. The normalized spacial score (nSPS) is 24.0. The highest BCUT2D eigenvalue weighted by atomic mass is 35.5. The third-order valence-electron chi connectivity index (χ3n) is 3.57. The fourth-order valence-corrected chi connectivity index (χ4v) is 3.25. The maximum atomic E-state index is 6.57. The molecule has 3 rings (SSSR count). The summed E-state index contributed by atoms with van der Waals surface area (Å²) < 4.78 is 16.6. The Labute approximate surface area is 122 Å². The molecule has 0 amide bonds. The molecule has 0 saturated carbocycles. The molecular weight excluding hydrogens is 287 g/mol. The largest absolute Gasteiger partial charge is 0.486 e. The summed E-state index contributed by atoms with van der Waals surface area (Å²) in [6.45, 7) is 2.64. The van der Waals surface area contributed by atoms with E-state index in [-0.39, 0.29) is 5.38 Å². The summed E-state index contributed by atoms with van der Waals surface area (Å²) in [5, 5.41) is 0.485. The van der Waals surface area contributed by atoms with Crippen LogP contribution in [0.5, 0.6) is 11.5 Å². The molecule has 1 aromatic carbocycles. The Hall–Kier alpha value is -0.640. The van der Waals surface area contributed by atoms with Crippen LogP contribution in [0, 0.1) is 5.92 Å². The number of ether oxygens (including phenoxy) is 3. The van der Waals surface area contributed by atoms with Crippen molar-refractivity contribution in [3.8, 4) is 11.5 Å². The van der Waals surface area contributed by atoms with Crippen LogP contribution in [0.15, 0.2) is 12.1 Å². The van der Waals surface area contributed by atoms with Gasteiger partial charge in [-0.1, -0.05) is 11.6 Å². The van der Waals surface area contributed by atoms with Crippen LogP contribution in [-0.4, -0.2) is 26.4 Å². The topological polar surface area (TPSA) is 27.7 Å². The van der Waals surface area contributed by atoms with Gasteiger partial charge in [0, 0.05) is 23.6 Å². The van der Waals surface area contributed by atoms with Crippen LogP contribution in [0.25, 0.3) is 0 Å². The lowest BCUT2D eigenvalue weighted by Crippen LogP contribution is -2.22. The molecule has 0 N–H and O–H groups in total. The van der Waals surface area contributed by atoms with Gasteiger partial charge in [0.05, 0.1) is 12.0 Å².